The van der Waals surface area contributed by atoms with E-state index in [4.69, 9.17) is 11.6 Å². The standard InChI is InChI=1S/C29H26ClN3O5/c1-3-4-6-18-9-13-21(14-10-18)32-26(34)20-7-5-8-22(17-20)31-25-24(30)27(35)33(28(25)36)23-15-11-19(12-16-23)29(37)38-2/h5,7-17,31H,3-4,6H2,1-2H3,(H,32,34). The van der Waals surface area contributed by atoms with E-state index in [2.05, 4.69) is 22.3 Å². The summed E-state index contributed by atoms with van der Waals surface area (Å²) in [5.41, 5.74) is 3.05. The van der Waals surface area contributed by atoms with Gasteiger partial charge in [-0.15, -0.1) is 0 Å². The number of nitrogens with one attached hydrogen (secondary N) is 2. The van der Waals surface area contributed by atoms with Crippen LogP contribution in [0.2, 0.25) is 0 Å². The predicted molar refractivity (Wildman–Crippen MR) is 146 cm³/mol. The molecule has 8 nitrogen and oxygen atoms in total. The summed E-state index contributed by atoms with van der Waals surface area (Å²) in [6, 6.07) is 20.0. The summed E-state index contributed by atoms with van der Waals surface area (Å²) in [6.45, 7) is 2.14. The molecule has 1 aliphatic heterocycles. The maximum atomic E-state index is 13.1. The minimum Gasteiger partial charge on any atom is -0.465 e. The molecule has 4 rings (SSSR count). The molecule has 0 bridgehead atoms. The highest BCUT2D eigenvalue weighted by Gasteiger charge is 2.39. The van der Waals surface area contributed by atoms with Crippen molar-refractivity contribution in [3.8, 4) is 0 Å². The number of rotatable bonds is 9. The molecular formula is C29H26ClN3O5. The topological polar surface area (TPSA) is 105 Å². The lowest BCUT2D eigenvalue weighted by atomic mass is 10.1. The van der Waals surface area contributed by atoms with Gasteiger partial charge in [-0.05, 0) is 73.0 Å². The lowest BCUT2D eigenvalue weighted by Crippen LogP contribution is -2.32. The largest absolute Gasteiger partial charge is 0.465 e. The predicted octanol–water partition coefficient (Wildman–Crippen LogP) is 5.50. The lowest BCUT2D eigenvalue weighted by Gasteiger charge is -2.15. The highest BCUT2D eigenvalue weighted by atomic mass is 35.5. The van der Waals surface area contributed by atoms with Gasteiger partial charge in [0.05, 0.1) is 18.4 Å². The molecule has 0 aromatic heterocycles. The number of hydrogen-bond donors (Lipinski definition) is 2. The number of methoxy groups -OCH3 is 1. The number of unbranched alkanes of at least 4 members (excludes halogenated alkanes) is 1. The van der Waals surface area contributed by atoms with Gasteiger partial charge in [0.25, 0.3) is 17.7 Å². The summed E-state index contributed by atoms with van der Waals surface area (Å²) >= 11 is 6.23. The molecule has 194 valence electrons. The molecule has 2 N–H and O–H groups in total. The Kier molecular flexibility index (Phi) is 8.23. The molecule has 1 aliphatic rings. The second kappa shape index (κ2) is 11.7. The number of nitrogens with zero attached hydrogens (tertiary/aromatic N) is 1. The van der Waals surface area contributed by atoms with Crippen molar-refractivity contribution in [1.29, 1.82) is 0 Å². The first kappa shape index (κ1) is 26.6. The molecular weight excluding hydrogens is 506 g/mol. The van der Waals surface area contributed by atoms with Gasteiger partial charge in [0.15, 0.2) is 0 Å². The molecule has 0 spiro atoms. The van der Waals surface area contributed by atoms with E-state index in [0.29, 0.717) is 16.9 Å². The molecule has 38 heavy (non-hydrogen) atoms. The summed E-state index contributed by atoms with van der Waals surface area (Å²) in [4.78, 5) is 51.3. The van der Waals surface area contributed by atoms with E-state index >= 15 is 0 Å². The summed E-state index contributed by atoms with van der Waals surface area (Å²) in [5.74, 6) is -2.23. The molecule has 0 radical (unpaired) electrons. The second-order valence-electron chi connectivity index (χ2n) is 8.63. The number of hydrogen-bond acceptors (Lipinski definition) is 6. The van der Waals surface area contributed by atoms with Crippen LogP contribution in [0, 0.1) is 0 Å². The highest BCUT2D eigenvalue weighted by Crippen LogP contribution is 2.30. The van der Waals surface area contributed by atoms with Crippen LogP contribution in [0.5, 0.6) is 0 Å². The van der Waals surface area contributed by atoms with Gasteiger partial charge in [0, 0.05) is 16.9 Å². The first-order valence-corrected chi connectivity index (χ1v) is 12.4. The molecule has 0 aliphatic carbocycles. The van der Waals surface area contributed by atoms with Gasteiger partial charge in [-0.1, -0.05) is 43.1 Å². The van der Waals surface area contributed by atoms with Crippen molar-refractivity contribution in [3.05, 3.63) is 100 Å². The maximum Gasteiger partial charge on any atom is 0.337 e. The van der Waals surface area contributed by atoms with Crippen molar-refractivity contribution >= 4 is 52.4 Å². The number of carbonyl (C=O) groups is 4. The van der Waals surface area contributed by atoms with E-state index in [1.807, 2.05) is 24.3 Å². The Morgan fingerprint density at radius 3 is 2.26 bits per heavy atom. The van der Waals surface area contributed by atoms with Crippen molar-refractivity contribution in [3.63, 3.8) is 0 Å². The number of amides is 3. The Morgan fingerprint density at radius 1 is 0.895 bits per heavy atom. The zero-order valence-electron chi connectivity index (χ0n) is 20.9. The lowest BCUT2D eigenvalue weighted by molar-refractivity contribution is -0.120. The Hall–Kier alpha value is -4.43. The average Bonchev–Trinajstić information content (AvgIpc) is 3.15. The number of halogens is 1. The van der Waals surface area contributed by atoms with Gasteiger partial charge in [0.2, 0.25) is 0 Å². The molecule has 3 aromatic carbocycles. The molecule has 0 saturated carbocycles. The number of ether oxygens (including phenoxy) is 1. The van der Waals surface area contributed by atoms with Gasteiger partial charge in [-0.2, -0.15) is 0 Å². The van der Waals surface area contributed by atoms with Crippen LogP contribution in [0.1, 0.15) is 46.0 Å². The third-order valence-corrected chi connectivity index (χ3v) is 6.35. The minimum atomic E-state index is -0.707. The first-order valence-electron chi connectivity index (χ1n) is 12.1. The fourth-order valence-electron chi connectivity index (χ4n) is 3.93. The van der Waals surface area contributed by atoms with E-state index in [9.17, 15) is 19.2 Å². The molecule has 3 aromatic rings. The van der Waals surface area contributed by atoms with Crippen molar-refractivity contribution in [2.45, 2.75) is 26.2 Å². The zero-order chi connectivity index (χ0) is 27.2. The van der Waals surface area contributed by atoms with Gasteiger partial charge >= 0.3 is 5.97 Å². The summed E-state index contributed by atoms with van der Waals surface area (Å²) in [5, 5.41) is 5.46. The quantitative estimate of drug-likeness (QED) is 0.279. The van der Waals surface area contributed by atoms with Crippen LogP contribution in [0.25, 0.3) is 0 Å². The zero-order valence-corrected chi connectivity index (χ0v) is 21.7. The van der Waals surface area contributed by atoms with Gasteiger partial charge in [-0.3, -0.25) is 14.4 Å². The number of benzene rings is 3. The first-order chi connectivity index (χ1) is 18.3. The SMILES string of the molecule is CCCCc1ccc(NC(=O)c2cccc(NC3=C(Cl)C(=O)N(c4ccc(C(=O)OC)cc4)C3=O)c2)cc1. The van der Waals surface area contributed by atoms with Crippen LogP contribution in [0.15, 0.2) is 83.5 Å². The number of aryl methyl sites for hydroxylation is 1. The van der Waals surface area contributed by atoms with Gasteiger partial charge < -0.3 is 15.4 Å². The van der Waals surface area contributed by atoms with Crippen LogP contribution in [-0.4, -0.2) is 30.8 Å². The number of esters is 1. The van der Waals surface area contributed by atoms with Gasteiger partial charge in [-0.25, -0.2) is 9.69 Å². The van der Waals surface area contributed by atoms with Crippen molar-refractivity contribution in [2.75, 3.05) is 22.6 Å². The Bertz CT molecular complexity index is 1410. The number of carbonyl (C=O) groups excluding carboxylic acids is 4. The summed E-state index contributed by atoms with van der Waals surface area (Å²) in [6.07, 6.45) is 3.22. The Labute approximate surface area is 225 Å². The highest BCUT2D eigenvalue weighted by molar-refractivity contribution is 6.53. The van der Waals surface area contributed by atoms with E-state index in [0.717, 1.165) is 24.2 Å². The molecule has 1 heterocycles. The van der Waals surface area contributed by atoms with Crippen LogP contribution < -0.4 is 15.5 Å². The molecule has 0 fully saturated rings. The van der Waals surface area contributed by atoms with Crippen molar-refractivity contribution in [1.82, 2.24) is 0 Å². The van der Waals surface area contributed by atoms with Crippen LogP contribution in [0.4, 0.5) is 17.1 Å². The van der Waals surface area contributed by atoms with Crippen molar-refractivity contribution < 1.29 is 23.9 Å². The minimum absolute atomic E-state index is 0.117. The fraction of sp³-hybridized carbons (Fsp3) is 0.172. The van der Waals surface area contributed by atoms with Crippen molar-refractivity contribution in [2.24, 2.45) is 0 Å². The van der Waals surface area contributed by atoms with E-state index < -0.39 is 17.8 Å². The average molecular weight is 532 g/mol. The van der Waals surface area contributed by atoms with Crippen LogP contribution in [-0.2, 0) is 20.7 Å². The fourth-order valence-corrected chi connectivity index (χ4v) is 4.14. The maximum absolute atomic E-state index is 13.1. The van der Waals surface area contributed by atoms with E-state index in [-0.39, 0.29) is 27.9 Å². The molecule has 0 unspecified atom stereocenters. The number of anilines is 3. The Morgan fingerprint density at radius 2 is 1.61 bits per heavy atom. The van der Waals surface area contributed by atoms with Crippen LogP contribution in [0.3, 0.4) is 0 Å². The Balaban J connectivity index is 1.46. The molecule has 0 saturated heterocycles. The second-order valence-corrected chi connectivity index (χ2v) is 9.01. The third-order valence-electron chi connectivity index (χ3n) is 6.00. The smallest absolute Gasteiger partial charge is 0.337 e. The van der Waals surface area contributed by atoms with Crippen LogP contribution >= 0.6 is 11.6 Å². The number of imide groups is 1. The normalized spacial score (nSPS) is 13.1. The molecule has 3 amide bonds. The van der Waals surface area contributed by atoms with E-state index in [1.54, 1.807) is 24.3 Å². The van der Waals surface area contributed by atoms with Gasteiger partial charge in [0.1, 0.15) is 10.7 Å². The van der Waals surface area contributed by atoms with E-state index in [1.165, 1.54) is 36.9 Å². The third kappa shape index (κ3) is 5.76. The molecule has 0 atom stereocenters. The molecule has 9 heteroatoms. The monoisotopic (exact) mass is 531 g/mol. The summed E-state index contributed by atoms with van der Waals surface area (Å²) in [7, 11) is 1.26. The summed E-state index contributed by atoms with van der Waals surface area (Å²) < 4.78 is 4.67.